The lowest BCUT2D eigenvalue weighted by molar-refractivity contribution is -0.137. The summed E-state index contributed by atoms with van der Waals surface area (Å²) >= 11 is 0. The predicted octanol–water partition coefficient (Wildman–Crippen LogP) is 5.17. The molecule has 5 nitrogen and oxygen atoms in total. The van der Waals surface area contributed by atoms with E-state index in [0.29, 0.717) is 29.7 Å². The first-order valence-corrected chi connectivity index (χ1v) is 8.51. The first-order valence-electron chi connectivity index (χ1n) is 8.51. The van der Waals surface area contributed by atoms with Crippen molar-refractivity contribution in [2.45, 2.75) is 19.6 Å². The molecule has 3 rings (SSSR count). The molecule has 0 bridgehead atoms. The monoisotopic (exact) mass is 388 g/mol. The van der Waals surface area contributed by atoms with Crippen LogP contribution in [0.2, 0.25) is 0 Å². The molecule has 0 fully saturated rings. The number of ether oxygens (including phenoxy) is 1. The van der Waals surface area contributed by atoms with E-state index in [1.807, 2.05) is 31.2 Å². The van der Waals surface area contributed by atoms with Crippen LogP contribution in [0.5, 0.6) is 5.75 Å². The zero-order valence-electron chi connectivity index (χ0n) is 15.3. The smallest absolute Gasteiger partial charge is 0.416 e. The van der Waals surface area contributed by atoms with Gasteiger partial charge in [-0.25, -0.2) is 4.98 Å². The van der Waals surface area contributed by atoms with E-state index in [-0.39, 0.29) is 0 Å². The van der Waals surface area contributed by atoms with Gasteiger partial charge in [0, 0.05) is 29.6 Å². The number of rotatable bonds is 6. The summed E-state index contributed by atoms with van der Waals surface area (Å²) in [5.74, 6) is 1.65. The van der Waals surface area contributed by atoms with Gasteiger partial charge < -0.3 is 15.4 Å². The van der Waals surface area contributed by atoms with Gasteiger partial charge in [-0.15, -0.1) is 0 Å². The first kappa shape index (κ1) is 19.5. The fraction of sp³-hybridized carbons (Fsp3) is 0.200. The molecular weight excluding hydrogens is 369 g/mol. The van der Waals surface area contributed by atoms with Crippen molar-refractivity contribution in [1.82, 2.24) is 9.97 Å². The fourth-order valence-electron chi connectivity index (χ4n) is 2.62. The molecule has 0 aliphatic rings. The second-order valence-corrected chi connectivity index (χ2v) is 6.08. The number of benzene rings is 2. The van der Waals surface area contributed by atoms with E-state index in [1.165, 1.54) is 12.1 Å². The number of para-hydroxylation sites is 1. The van der Waals surface area contributed by atoms with Crippen LogP contribution in [-0.2, 0) is 12.7 Å². The van der Waals surface area contributed by atoms with E-state index in [0.717, 1.165) is 23.4 Å². The first-order chi connectivity index (χ1) is 13.3. The van der Waals surface area contributed by atoms with Crippen LogP contribution in [0.3, 0.4) is 0 Å². The van der Waals surface area contributed by atoms with Gasteiger partial charge in [0.05, 0.1) is 12.7 Å². The average molecular weight is 388 g/mol. The van der Waals surface area contributed by atoms with Crippen molar-refractivity contribution in [2.75, 3.05) is 17.7 Å². The van der Waals surface area contributed by atoms with Gasteiger partial charge in [0.15, 0.2) is 0 Å². The number of aromatic nitrogens is 2. The van der Waals surface area contributed by atoms with Crippen LogP contribution in [0.15, 0.2) is 54.6 Å². The van der Waals surface area contributed by atoms with Crippen LogP contribution < -0.4 is 15.4 Å². The van der Waals surface area contributed by atoms with E-state index < -0.39 is 11.7 Å². The average Bonchev–Trinajstić information content (AvgIpc) is 2.66. The number of nitrogens with zero attached hydrogens (tertiary/aromatic N) is 2. The molecule has 28 heavy (non-hydrogen) atoms. The summed E-state index contributed by atoms with van der Waals surface area (Å²) in [7, 11) is 1.61. The highest BCUT2D eigenvalue weighted by atomic mass is 19.4. The maximum atomic E-state index is 12.7. The molecule has 0 saturated carbocycles. The van der Waals surface area contributed by atoms with Crippen molar-refractivity contribution in [1.29, 1.82) is 0 Å². The Morgan fingerprint density at radius 3 is 2.39 bits per heavy atom. The number of anilines is 3. The van der Waals surface area contributed by atoms with Crippen LogP contribution in [-0.4, -0.2) is 17.1 Å². The van der Waals surface area contributed by atoms with E-state index >= 15 is 0 Å². The highest BCUT2D eigenvalue weighted by Crippen LogP contribution is 2.30. The van der Waals surface area contributed by atoms with Crippen LogP contribution in [0.1, 0.15) is 16.8 Å². The molecule has 1 heterocycles. The van der Waals surface area contributed by atoms with Crippen molar-refractivity contribution < 1.29 is 17.9 Å². The fourth-order valence-corrected chi connectivity index (χ4v) is 2.62. The molecule has 0 atom stereocenters. The second-order valence-electron chi connectivity index (χ2n) is 6.08. The minimum Gasteiger partial charge on any atom is -0.496 e. The number of methoxy groups -OCH3 is 1. The molecule has 8 heteroatoms. The van der Waals surface area contributed by atoms with E-state index in [4.69, 9.17) is 4.74 Å². The quantitative estimate of drug-likeness (QED) is 0.610. The van der Waals surface area contributed by atoms with Crippen LogP contribution >= 0.6 is 0 Å². The highest BCUT2D eigenvalue weighted by Gasteiger charge is 2.29. The lowest BCUT2D eigenvalue weighted by atomic mass is 10.2. The minimum atomic E-state index is -4.37. The van der Waals surface area contributed by atoms with Crippen molar-refractivity contribution in [3.8, 4) is 5.75 Å². The molecule has 0 unspecified atom stereocenters. The standard InChI is InChI=1S/C20H19F3N4O/c1-13-11-18(24-12-14-5-3-4-6-17(14)28-2)27-19(25-13)26-16-9-7-15(8-10-16)20(21,22)23/h3-11H,12H2,1-2H3,(H2,24,25,26,27). The van der Waals surface area contributed by atoms with Gasteiger partial charge in [0.1, 0.15) is 11.6 Å². The summed E-state index contributed by atoms with van der Waals surface area (Å²) in [4.78, 5) is 8.65. The Bertz CT molecular complexity index is 943. The van der Waals surface area contributed by atoms with E-state index in [2.05, 4.69) is 20.6 Å². The third-order valence-corrected chi connectivity index (χ3v) is 3.98. The van der Waals surface area contributed by atoms with Gasteiger partial charge in [-0.1, -0.05) is 18.2 Å². The predicted molar refractivity (Wildman–Crippen MR) is 102 cm³/mol. The van der Waals surface area contributed by atoms with Gasteiger partial charge in [-0.05, 0) is 37.3 Å². The summed E-state index contributed by atoms with van der Waals surface area (Å²) < 4.78 is 43.3. The molecule has 0 amide bonds. The Morgan fingerprint density at radius 1 is 1.00 bits per heavy atom. The van der Waals surface area contributed by atoms with Crippen LogP contribution in [0.4, 0.5) is 30.6 Å². The van der Waals surface area contributed by atoms with E-state index in [9.17, 15) is 13.2 Å². The Balaban J connectivity index is 1.72. The minimum absolute atomic E-state index is 0.294. The zero-order chi connectivity index (χ0) is 20.1. The van der Waals surface area contributed by atoms with Gasteiger partial charge >= 0.3 is 6.18 Å². The summed E-state index contributed by atoms with van der Waals surface area (Å²) in [5.41, 5.74) is 1.45. The second kappa shape index (κ2) is 8.16. The number of alkyl halides is 3. The van der Waals surface area contributed by atoms with Gasteiger partial charge in [-0.3, -0.25) is 0 Å². The van der Waals surface area contributed by atoms with Crippen molar-refractivity contribution in [3.05, 3.63) is 71.4 Å². The summed E-state index contributed by atoms with van der Waals surface area (Å²) in [6.07, 6.45) is -4.37. The Morgan fingerprint density at radius 2 is 1.71 bits per heavy atom. The maximum absolute atomic E-state index is 12.7. The molecule has 0 aliphatic heterocycles. The Labute approximate surface area is 160 Å². The topological polar surface area (TPSA) is 59.1 Å². The molecule has 3 aromatic rings. The number of halogens is 3. The third kappa shape index (κ3) is 4.91. The maximum Gasteiger partial charge on any atom is 0.416 e. The highest BCUT2D eigenvalue weighted by molar-refractivity contribution is 5.56. The lowest BCUT2D eigenvalue weighted by Gasteiger charge is -2.12. The van der Waals surface area contributed by atoms with Crippen molar-refractivity contribution in [3.63, 3.8) is 0 Å². The van der Waals surface area contributed by atoms with Gasteiger partial charge in [0.25, 0.3) is 0 Å². The van der Waals surface area contributed by atoms with Gasteiger partial charge in [-0.2, -0.15) is 18.2 Å². The zero-order valence-corrected chi connectivity index (χ0v) is 15.3. The third-order valence-electron chi connectivity index (χ3n) is 3.98. The van der Waals surface area contributed by atoms with Gasteiger partial charge in [0.2, 0.25) is 5.95 Å². The Kier molecular flexibility index (Phi) is 5.67. The number of nitrogens with one attached hydrogen (secondary N) is 2. The van der Waals surface area contributed by atoms with E-state index in [1.54, 1.807) is 13.2 Å². The summed E-state index contributed by atoms with van der Waals surface area (Å²) in [6.45, 7) is 2.31. The molecule has 0 saturated heterocycles. The largest absolute Gasteiger partial charge is 0.496 e. The van der Waals surface area contributed by atoms with Crippen LogP contribution in [0.25, 0.3) is 0 Å². The number of aryl methyl sites for hydroxylation is 1. The molecule has 0 aliphatic carbocycles. The molecule has 1 aromatic heterocycles. The van der Waals surface area contributed by atoms with Crippen molar-refractivity contribution >= 4 is 17.5 Å². The van der Waals surface area contributed by atoms with Crippen molar-refractivity contribution in [2.24, 2.45) is 0 Å². The van der Waals surface area contributed by atoms with Crippen LogP contribution in [0, 0.1) is 6.92 Å². The SMILES string of the molecule is COc1ccccc1CNc1cc(C)nc(Nc2ccc(C(F)(F)F)cc2)n1. The summed E-state index contributed by atoms with van der Waals surface area (Å²) in [5, 5.41) is 6.14. The number of hydrogen-bond acceptors (Lipinski definition) is 5. The molecule has 2 N–H and O–H groups in total. The normalized spacial score (nSPS) is 11.2. The Hall–Kier alpha value is -3.29. The lowest BCUT2D eigenvalue weighted by Crippen LogP contribution is -2.07. The molecule has 0 radical (unpaired) electrons. The molecular formula is C20H19F3N4O. The molecule has 0 spiro atoms. The number of hydrogen-bond donors (Lipinski definition) is 2. The molecule has 2 aromatic carbocycles. The summed E-state index contributed by atoms with van der Waals surface area (Å²) in [6, 6.07) is 14.1. The molecule has 146 valence electrons.